The second-order valence-corrected chi connectivity index (χ2v) is 21.3. The van der Waals surface area contributed by atoms with Crippen LogP contribution in [0.15, 0.2) is 12.2 Å². The van der Waals surface area contributed by atoms with Crippen molar-refractivity contribution in [3.63, 3.8) is 0 Å². The minimum atomic E-state index is -0.767. The van der Waals surface area contributed by atoms with Crippen LogP contribution in [0.5, 0.6) is 0 Å². The lowest BCUT2D eigenvalue weighted by molar-refractivity contribution is -0.167. The van der Waals surface area contributed by atoms with Gasteiger partial charge in [0.2, 0.25) is 0 Å². The molecule has 0 heterocycles. The summed E-state index contributed by atoms with van der Waals surface area (Å²) in [6, 6.07) is 0. The van der Waals surface area contributed by atoms with Crippen LogP contribution in [0.4, 0.5) is 0 Å². The van der Waals surface area contributed by atoms with E-state index in [4.69, 9.17) is 14.2 Å². The van der Waals surface area contributed by atoms with Crippen molar-refractivity contribution in [1.29, 1.82) is 0 Å². The van der Waals surface area contributed by atoms with Crippen molar-refractivity contribution >= 4 is 17.9 Å². The van der Waals surface area contributed by atoms with E-state index >= 15 is 0 Å². The van der Waals surface area contributed by atoms with Crippen LogP contribution in [-0.4, -0.2) is 37.2 Å². The Labute approximate surface area is 431 Å². The number of hydrogen-bond donors (Lipinski definition) is 0. The molecule has 0 bridgehead atoms. The van der Waals surface area contributed by atoms with Crippen molar-refractivity contribution in [1.82, 2.24) is 0 Å². The molecule has 0 unspecified atom stereocenters. The average molecular weight is 974 g/mol. The summed E-state index contributed by atoms with van der Waals surface area (Å²) in [7, 11) is 0. The third-order valence-electron chi connectivity index (χ3n) is 14.3. The number of hydrogen-bond acceptors (Lipinski definition) is 6. The van der Waals surface area contributed by atoms with Gasteiger partial charge in [-0.1, -0.05) is 303 Å². The summed E-state index contributed by atoms with van der Waals surface area (Å²) < 4.78 is 16.9. The summed E-state index contributed by atoms with van der Waals surface area (Å²) in [5.41, 5.74) is 0. The Balaban J connectivity index is 4.30. The topological polar surface area (TPSA) is 78.9 Å². The molecule has 0 fully saturated rings. The molecular formula is C63H120O6. The zero-order valence-electron chi connectivity index (χ0n) is 46.9. The number of esters is 3. The maximum Gasteiger partial charge on any atom is 0.306 e. The summed E-state index contributed by atoms with van der Waals surface area (Å²) in [5, 5.41) is 0. The van der Waals surface area contributed by atoms with Gasteiger partial charge in [0.15, 0.2) is 6.10 Å². The Morgan fingerprint density at radius 3 is 0.725 bits per heavy atom. The largest absolute Gasteiger partial charge is 0.462 e. The average Bonchev–Trinajstić information content (AvgIpc) is 3.35. The molecule has 0 aliphatic heterocycles. The minimum absolute atomic E-state index is 0.0653. The zero-order valence-corrected chi connectivity index (χ0v) is 46.9. The fourth-order valence-corrected chi connectivity index (χ4v) is 9.56. The van der Waals surface area contributed by atoms with Gasteiger partial charge in [0.05, 0.1) is 0 Å². The van der Waals surface area contributed by atoms with Gasteiger partial charge in [-0.25, -0.2) is 0 Å². The van der Waals surface area contributed by atoms with E-state index in [-0.39, 0.29) is 31.1 Å². The van der Waals surface area contributed by atoms with E-state index in [2.05, 4.69) is 32.9 Å². The Bertz CT molecular complexity index is 1070. The Morgan fingerprint density at radius 1 is 0.275 bits per heavy atom. The number of rotatable bonds is 58. The molecule has 0 aliphatic carbocycles. The zero-order chi connectivity index (χ0) is 50.0. The van der Waals surface area contributed by atoms with Crippen molar-refractivity contribution in [3.8, 4) is 0 Å². The van der Waals surface area contributed by atoms with Crippen LogP contribution in [0, 0.1) is 0 Å². The minimum Gasteiger partial charge on any atom is -0.462 e. The van der Waals surface area contributed by atoms with Gasteiger partial charge in [-0.15, -0.1) is 0 Å². The lowest BCUT2D eigenvalue weighted by Gasteiger charge is -2.18. The second kappa shape index (κ2) is 58.7. The van der Waals surface area contributed by atoms with Crippen molar-refractivity contribution in [2.75, 3.05) is 13.2 Å². The molecule has 0 N–H and O–H groups in total. The quantitative estimate of drug-likeness (QED) is 0.0261. The number of carbonyl (C=O) groups is 3. The molecule has 0 rings (SSSR count). The highest BCUT2D eigenvalue weighted by molar-refractivity contribution is 5.71. The third-order valence-corrected chi connectivity index (χ3v) is 14.3. The SMILES string of the molecule is CCCCCCCC/C=C\CCCCCCCCCC(=O)O[C@@H](COC(=O)CCCCCCCCCCCCCCCCC)COC(=O)CCCCCCCCCCCCCCCCCCCCC. The molecule has 0 radical (unpaired) electrons. The molecule has 0 aliphatic rings. The van der Waals surface area contributed by atoms with Gasteiger partial charge in [0, 0.05) is 19.3 Å². The second-order valence-electron chi connectivity index (χ2n) is 21.3. The van der Waals surface area contributed by atoms with Gasteiger partial charge < -0.3 is 14.2 Å². The van der Waals surface area contributed by atoms with E-state index in [1.54, 1.807) is 0 Å². The van der Waals surface area contributed by atoms with E-state index in [0.717, 1.165) is 57.8 Å². The maximum atomic E-state index is 12.9. The predicted molar refractivity (Wildman–Crippen MR) is 298 cm³/mol. The van der Waals surface area contributed by atoms with E-state index in [1.807, 2.05) is 0 Å². The van der Waals surface area contributed by atoms with Crippen molar-refractivity contribution in [2.45, 2.75) is 361 Å². The Kier molecular flexibility index (Phi) is 57.1. The first kappa shape index (κ1) is 67.1. The summed E-state index contributed by atoms with van der Waals surface area (Å²) in [4.78, 5) is 38.3. The molecule has 0 amide bonds. The monoisotopic (exact) mass is 973 g/mol. The number of unbranched alkanes of at least 4 members (excludes halogenated alkanes) is 45. The summed E-state index contributed by atoms with van der Waals surface area (Å²) in [6.07, 6.45) is 67.8. The number of carbonyl (C=O) groups excluding carboxylic acids is 3. The molecule has 0 aromatic heterocycles. The highest BCUT2D eigenvalue weighted by atomic mass is 16.6. The van der Waals surface area contributed by atoms with Crippen molar-refractivity contribution in [2.24, 2.45) is 0 Å². The van der Waals surface area contributed by atoms with Crippen LogP contribution in [0.3, 0.4) is 0 Å². The highest BCUT2D eigenvalue weighted by Crippen LogP contribution is 2.18. The number of ether oxygens (including phenoxy) is 3. The first-order valence-corrected chi connectivity index (χ1v) is 31.2. The summed E-state index contributed by atoms with van der Waals surface area (Å²) >= 11 is 0. The molecule has 69 heavy (non-hydrogen) atoms. The van der Waals surface area contributed by atoms with Gasteiger partial charge in [0.1, 0.15) is 13.2 Å². The van der Waals surface area contributed by atoms with Crippen LogP contribution in [0.25, 0.3) is 0 Å². The highest BCUT2D eigenvalue weighted by Gasteiger charge is 2.19. The fraction of sp³-hybridized carbons (Fsp3) is 0.921. The van der Waals surface area contributed by atoms with Crippen molar-refractivity contribution < 1.29 is 28.6 Å². The fourth-order valence-electron chi connectivity index (χ4n) is 9.56. The normalized spacial score (nSPS) is 12.0. The smallest absolute Gasteiger partial charge is 0.306 e. The molecule has 1 atom stereocenters. The van der Waals surface area contributed by atoms with E-state index in [1.165, 1.54) is 257 Å². The molecule has 6 heteroatoms. The van der Waals surface area contributed by atoms with E-state index in [0.29, 0.717) is 19.3 Å². The predicted octanol–water partition coefficient (Wildman–Crippen LogP) is 20.9. The molecule has 0 aromatic carbocycles. The molecule has 0 spiro atoms. The molecule has 408 valence electrons. The van der Waals surface area contributed by atoms with Gasteiger partial charge in [-0.2, -0.15) is 0 Å². The van der Waals surface area contributed by atoms with Gasteiger partial charge in [-0.3, -0.25) is 14.4 Å². The lowest BCUT2D eigenvalue weighted by atomic mass is 10.0. The van der Waals surface area contributed by atoms with Crippen LogP contribution < -0.4 is 0 Å². The molecule has 6 nitrogen and oxygen atoms in total. The Morgan fingerprint density at radius 2 is 0.478 bits per heavy atom. The summed E-state index contributed by atoms with van der Waals surface area (Å²) in [5.74, 6) is -0.840. The van der Waals surface area contributed by atoms with E-state index < -0.39 is 6.10 Å². The molecular weight excluding hydrogens is 853 g/mol. The van der Waals surface area contributed by atoms with Gasteiger partial charge >= 0.3 is 17.9 Å². The van der Waals surface area contributed by atoms with Crippen LogP contribution >= 0.6 is 0 Å². The van der Waals surface area contributed by atoms with Crippen LogP contribution in [0.2, 0.25) is 0 Å². The van der Waals surface area contributed by atoms with Crippen LogP contribution in [-0.2, 0) is 28.6 Å². The maximum absolute atomic E-state index is 12.9. The molecule has 0 saturated heterocycles. The first-order chi connectivity index (χ1) is 34.0. The summed E-state index contributed by atoms with van der Waals surface area (Å²) in [6.45, 7) is 6.71. The standard InChI is InChI=1S/C63H120O6/c1-4-7-10-13-16-19-22-25-28-30-31-33-35-38-41-44-47-50-53-56-62(65)68-59-60(58-67-61(64)55-52-49-46-43-40-37-34-27-24-21-18-15-12-9-6-3)69-63(66)57-54-51-48-45-42-39-36-32-29-26-23-20-17-14-11-8-5-2/h26,29,60H,4-25,27-28,30-59H2,1-3H3/b29-26-/t60-/m0/s1. The number of allylic oxidation sites excluding steroid dienone is 2. The van der Waals surface area contributed by atoms with Gasteiger partial charge in [-0.05, 0) is 44.9 Å². The Hall–Kier alpha value is -1.85. The first-order valence-electron chi connectivity index (χ1n) is 31.2. The van der Waals surface area contributed by atoms with Gasteiger partial charge in [0.25, 0.3) is 0 Å². The van der Waals surface area contributed by atoms with Crippen molar-refractivity contribution in [3.05, 3.63) is 12.2 Å². The third kappa shape index (κ3) is 56.9. The molecule has 0 saturated carbocycles. The molecule has 0 aromatic rings. The lowest BCUT2D eigenvalue weighted by Crippen LogP contribution is -2.30. The van der Waals surface area contributed by atoms with E-state index in [9.17, 15) is 14.4 Å². The van der Waals surface area contributed by atoms with Crippen LogP contribution in [0.1, 0.15) is 355 Å².